The summed E-state index contributed by atoms with van der Waals surface area (Å²) in [6.07, 6.45) is 5.65. The molecule has 8 heteroatoms. The summed E-state index contributed by atoms with van der Waals surface area (Å²) in [5.74, 6) is 1.89. The van der Waals surface area contributed by atoms with E-state index in [0.29, 0.717) is 12.1 Å². The Labute approximate surface area is 179 Å². The Balaban J connectivity index is 1.28. The molecule has 2 aliphatic rings. The highest BCUT2D eigenvalue weighted by Gasteiger charge is 2.27. The fourth-order valence-electron chi connectivity index (χ4n) is 4.47. The molecule has 1 aliphatic heterocycles. The third-order valence-corrected chi connectivity index (χ3v) is 7.74. The number of anilines is 1. The summed E-state index contributed by atoms with van der Waals surface area (Å²) in [5, 5.41) is 5.88. The van der Waals surface area contributed by atoms with Crippen LogP contribution >= 0.6 is 22.9 Å². The lowest BCUT2D eigenvalue weighted by molar-refractivity contribution is 0.00791. The van der Waals surface area contributed by atoms with Gasteiger partial charge in [-0.1, -0.05) is 0 Å². The smallest absolute Gasteiger partial charge is 0.148 e. The molecule has 1 N–H and O–H groups in total. The molecule has 29 heavy (non-hydrogen) atoms. The summed E-state index contributed by atoms with van der Waals surface area (Å²) in [7, 11) is 0. The van der Waals surface area contributed by atoms with Crippen molar-refractivity contribution < 1.29 is 4.74 Å². The van der Waals surface area contributed by atoms with E-state index in [-0.39, 0.29) is 0 Å². The van der Waals surface area contributed by atoms with Crippen molar-refractivity contribution in [2.75, 3.05) is 31.6 Å². The molecule has 4 heterocycles. The Morgan fingerprint density at radius 2 is 2.00 bits per heavy atom. The van der Waals surface area contributed by atoms with E-state index >= 15 is 0 Å². The molecule has 3 aromatic rings. The third kappa shape index (κ3) is 4.45. The van der Waals surface area contributed by atoms with Gasteiger partial charge in [-0.2, -0.15) is 4.37 Å². The second-order valence-corrected chi connectivity index (χ2v) is 9.84. The van der Waals surface area contributed by atoms with E-state index in [0.717, 1.165) is 55.6 Å². The maximum Gasteiger partial charge on any atom is 0.148 e. The predicted octanol–water partition coefficient (Wildman–Crippen LogP) is 4.10. The first-order valence-electron chi connectivity index (χ1n) is 10.5. The molecule has 5 rings (SSSR count). The van der Waals surface area contributed by atoms with Crippen LogP contribution in [0.4, 0.5) is 5.82 Å². The molecule has 2 fully saturated rings. The van der Waals surface area contributed by atoms with Gasteiger partial charge < -0.3 is 10.1 Å². The van der Waals surface area contributed by atoms with Crippen LogP contribution in [0.5, 0.6) is 0 Å². The molecule has 0 bridgehead atoms. The molecule has 0 aromatic carbocycles. The van der Waals surface area contributed by atoms with Gasteiger partial charge in [-0.05, 0) is 61.7 Å². The van der Waals surface area contributed by atoms with Gasteiger partial charge in [0.25, 0.3) is 0 Å². The fraction of sp³-hybridized carbons (Fsp3) is 0.571. The van der Waals surface area contributed by atoms with Gasteiger partial charge in [-0.3, -0.25) is 4.90 Å². The van der Waals surface area contributed by atoms with E-state index in [9.17, 15) is 0 Å². The number of nitrogens with one attached hydrogen (secondary N) is 1. The summed E-state index contributed by atoms with van der Waals surface area (Å²) in [6.45, 7) is 5.98. The Morgan fingerprint density at radius 3 is 2.76 bits per heavy atom. The van der Waals surface area contributed by atoms with Crippen LogP contribution < -0.4 is 5.32 Å². The van der Waals surface area contributed by atoms with Gasteiger partial charge in [0, 0.05) is 36.5 Å². The van der Waals surface area contributed by atoms with Crippen LogP contribution in [0.25, 0.3) is 10.2 Å². The predicted molar refractivity (Wildman–Crippen MR) is 119 cm³/mol. The van der Waals surface area contributed by atoms with Crippen LogP contribution in [-0.4, -0.2) is 57.6 Å². The number of aryl methyl sites for hydroxylation is 1. The highest BCUT2D eigenvalue weighted by molar-refractivity contribution is 7.17. The van der Waals surface area contributed by atoms with Crippen molar-refractivity contribution in [2.24, 2.45) is 0 Å². The van der Waals surface area contributed by atoms with E-state index in [4.69, 9.17) is 14.7 Å². The number of nitrogens with zero attached hydrogens (tertiary/aromatic N) is 4. The average molecular weight is 430 g/mol. The van der Waals surface area contributed by atoms with Crippen LogP contribution in [0.2, 0.25) is 0 Å². The SMILES string of the molecule is Cc1cc(Cc2nc(NC3CCC(N4CCOCC4)CC3)c3sccc3n2)sn1. The molecule has 6 nitrogen and oxygen atoms in total. The molecular formula is C21H27N5OS2. The minimum absolute atomic E-state index is 0.492. The lowest BCUT2D eigenvalue weighted by Crippen LogP contribution is -2.46. The molecule has 3 aromatic heterocycles. The molecule has 0 atom stereocenters. The number of thiophene rings is 1. The topological polar surface area (TPSA) is 63.2 Å². The summed E-state index contributed by atoms with van der Waals surface area (Å²) in [6, 6.07) is 5.44. The maximum absolute atomic E-state index is 5.51. The van der Waals surface area contributed by atoms with E-state index in [1.54, 1.807) is 22.9 Å². The zero-order valence-corrected chi connectivity index (χ0v) is 18.4. The molecule has 1 saturated carbocycles. The standard InChI is InChI=1S/C21H27N5OS2/c1-14-12-17(29-25-14)13-19-23-18-6-11-28-20(18)21(24-19)22-15-2-4-16(5-3-15)26-7-9-27-10-8-26/h6,11-12,15-16H,2-5,7-10,13H2,1H3,(H,22,23,24). The lowest BCUT2D eigenvalue weighted by atomic mass is 9.90. The van der Waals surface area contributed by atoms with Crippen molar-refractivity contribution in [1.29, 1.82) is 0 Å². The van der Waals surface area contributed by atoms with E-state index in [2.05, 4.69) is 32.1 Å². The molecule has 0 amide bonds. The monoisotopic (exact) mass is 429 g/mol. The zero-order valence-electron chi connectivity index (χ0n) is 16.8. The number of fused-ring (bicyclic) bond motifs is 1. The largest absolute Gasteiger partial charge is 0.379 e. The fourth-order valence-corrected chi connectivity index (χ4v) is 5.98. The highest BCUT2D eigenvalue weighted by Crippen LogP contribution is 2.31. The quantitative estimate of drug-likeness (QED) is 0.659. The first-order valence-corrected chi connectivity index (χ1v) is 12.1. The van der Waals surface area contributed by atoms with Gasteiger partial charge >= 0.3 is 0 Å². The van der Waals surface area contributed by atoms with Gasteiger partial charge in [-0.15, -0.1) is 11.3 Å². The van der Waals surface area contributed by atoms with Crippen LogP contribution in [0.15, 0.2) is 17.5 Å². The second kappa shape index (κ2) is 8.63. The Kier molecular flexibility index (Phi) is 5.76. The Morgan fingerprint density at radius 1 is 1.17 bits per heavy atom. The third-order valence-electron chi connectivity index (χ3n) is 5.96. The van der Waals surface area contributed by atoms with Crippen LogP contribution in [0, 0.1) is 6.92 Å². The van der Waals surface area contributed by atoms with Crippen molar-refractivity contribution >= 4 is 38.9 Å². The molecular weight excluding hydrogens is 402 g/mol. The van der Waals surface area contributed by atoms with Gasteiger partial charge in [0.2, 0.25) is 0 Å². The van der Waals surface area contributed by atoms with Crippen molar-refractivity contribution in [2.45, 2.75) is 51.1 Å². The second-order valence-electron chi connectivity index (χ2n) is 8.03. The van der Waals surface area contributed by atoms with Gasteiger partial charge in [0.05, 0.1) is 29.1 Å². The highest BCUT2D eigenvalue weighted by atomic mass is 32.1. The van der Waals surface area contributed by atoms with Gasteiger partial charge in [0.1, 0.15) is 11.6 Å². The molecule has 1 aliphatic carbocycles. The summed E-state index contributed by atoms with van der Waals surface area (Å²) in [5.41, 5.74) is 2.11. The minimum atomic E-state index is 0.492. The van der Waals surface area contributed by atoms with Crippen molar-refractivity contribution in [1.82, 2.24) is 19.2 Å². The molecule has 0 unspecified atom stereocenters. The molecule has 0 radical (unpaired) electrons. The Bertz CT molecular complexity index is 957. The number of hydrogen-bond acceptors (Lipinski definition) is 8. The van der Waals surface area contributed by atoms with E-state index in [1.807, 2.05) is 6.92 Å². The van der Waals surface area contributed by atoms with Crippen molar-refractivity contribution in [3.8, 4) is 0 Å². The number of ether oxygens (including phenoxy) is 1. The van der Waals surface area contributed by atoms with Crippen LogP contribution in [0.1, 0.15) is 42.1 Å². The number of morpholine rings is 1. The first-order chi connectivity index (χ1) is 14.2. The lowest BCUT2D eigenvalue weighted by Gasteiger charge is -2.39. The average Bonchev–Trinajstić information content (AvgIpc) is 3.38. The summed E-state index contributed by atoms with van der Waals surface area (Å²) < 4.78 is 11.1. The van der Waals surface area contributed by atoms with E-state index in [1.165, 1.54) is 35.3 Å². The molecule has 0 spiro atoms. The van der Waals surface area contributed by atoms with Crippen LogP contribution in [-0.2, 0) is 11.2 Å². The number of aromatic nitrogens is 3. The van der Waals surface area contributed by atoms with Crippen molar-refractivity contribution in [3.05, 3.63) is 33.9 Å². The zero-order chi connectivity index (χ0) is 19.6. The van der Waals surface area contributed by atoms with E-state index < -0.39 is 0 Å². The van der Waals surface area contributed by atoms with Crippen molar-refractivity contribution in [3.63, 3.8) is 0 Å². The van der Waals surface area contributed by atoms with Crippen LogP contribution in [0.3, 0.4) is 0 Å². The summed E-state index contributed by atoms with van der Waals surface area (Å²) >= 11 is 3.27. The molecule has 1 saturated heterocycles. The number of rotatable bonds is 5. The maximum atomic E-state index is 5.51. The first kappa shape index (κ1) is 19.4. The minimum Gasteiger partial charge on any atom is -0.379 e. The number of hydrogen-bond donors (Lipinski definition) is 1. The summed E-state index contributed by atoms with van der Waals surface area (Å²) in [4.78, 5) is 13.5. The van der Waals surface area contributed by atoms with Gasteiger partial charge in [0.15, 0.2) is 0 Å². The van der Waals surface area contributed by atoms with Gasteiger partial charge in [-0.25, -0.2) is 9.97 Å². The molecule has 154 valence electrons. The normalized spacial score (nSPS) is 23.5. The Hall–Kier alpha value is -1.61.